The van der Waals surface area contributed by atoms with Crippen molar-refractivity contribution >= 4 is 17.4 Å². The number of carbonyl (C=O) groups excluding carboxylic acids is 1. The van der Waals surface area contributed by atoms with Crippen molar-refractivity contribution in [2.24, 2.45) is 0 Å². The zero-order valence-electron chi connectivity index (χ0n) is 17.2. The van der Waals surface area contributed by atoms with Crippen molar-refractivity contribution in [2.75, 3.05) is 17.2 Å². The van der Waals surface area contributed by atoms with Crippen LogP contribution >= 0.6 is 0 Å². The number of benzene rings is 1. The van der Waals surface area contributed by atoms with E-state index in [2.05, 4.69) is 4.98 Å². The fraction of sp³-hybridized carbons (Fsp3) is 0.450. The van der Waals surface area contributed by atoms with Gasteiger partial charge >= 0.3 is 5.69 Å². The Morgan fingerprint density at radius 2 is 1.68 bits per heavy atom. The molecule has 0 fully saturated rings. The second-order valence-corrected chi connectivity index (χ2v) is 7.01. The zero-order chi connectivity index (χ0) is 23.3. The normalized spacial score (nSPS) is 11.0. The quantitative estimate of drug-likeness (QED) is 0.268. The lowest BCUT2D eigenvalue weighted by Gasteiger charge is -2.25. The van der Waals surface area contributed by atoms with Crippen LogP contribution in [0.25, 0.3) is 0 Å². The molecule has 31 heavy (non-hydrogen) atoms. The number of unbranched alkanes of at least 4 members (excludes halogenated alkanes) is 3. The van der Waals surface area contributed by atoms with E-state index in [0.29, 0.717) is 25.7 Å². The fourth-order valence-electron chi connectivity index (χ4n) is 3.09. The maximum absolute atomic E-state index is 14.3. The number of carbonyl (C=O) groups is 1. The Morgan fingerprint density at radius 1 is 1.03 bits per heavy atom. The lowest BCUT2D eigenvalue weighted by molar-refractivity contribution is 0.0980. The van der Waals surface area contributed by atoms with Crippen LogP contribution in [0.2, 0.25) is 0 Å². The Labute approximate surface area is 175 Å². The predicted molar refractivity (Wildman–Crippen MR) is 108 cm³/mol. The Balaban J connectivity index is 2.67. The molecule has 0 saturated carbocycles. The smallest absolute Gasteiger partial charge is 0.330 e. The first-order valence-electron chi connectivity index (χ1n) is 9.93. The highest BCUT2D eigenvalue weighted by atomic mass is 19.2. The highest BCUT2D eigenvalue weighted by Gasteiger charge is 2.30. The van der Waals surface area contributed by atoms with Gasteiger partial charge in [-0.1, -0.05) is 33.1 Å². The van der Waals surface area contributed by atoms with Crippen molar-refractivity contribution in [1.82, 2.24) is 9.55 Å². The van der Waals surface area contributed by atoms with Gasteiger partial charge in [0.1, 0.15) is 5.82 Å². The van der Waals surface area contributed by atoms with Gasteiger partial charge in [0.25, 0.3) is 11.5 Å². The number of aromatic amines is 1. The molecule has 0 radical (unpaired) electrons. The first-order chi connectivity index (χ1) is 14.6. The molecule has 0 aliphatic heterocycles. The summed E-state index contributed by atoms with van der Waals surface area (Å²) in [6.07, 6.45) is 2.95. The van der Waals surface area contributed by atoms with Gasteiger partial charge in [-0.15, -0.1) is 0 Å². The number of rotatable bonds is 9. The molecule has 0 atom stereocenters. The number of nitrogens with zero attached hydrogens (tertiary/aromatic N) is 2. The molecule has 0 saturated heterocycles. The van der Waals surface area contributed by atoms with Crippen LogP contribution in [0.4, 0.5) is 29.1 Å². The number of hydrogen-bond acceptors (Lipinski definition) is 4. The van der Waals surface area contributed by atoms with E-state index in [1.165, 1.54) is 0 Å². The standard InChI is InChI=1S/C20H24F4N4O3/c1-3-5-7-9-27(19(30)11-10-12(21)14(23)15(24)13(11)22)16-17(25)28(8-6-4-2)20(31)26-18(16)29/h10H,3-9,25H2,1-2H3,(H,26,29,31). The number of nitrogens with two attached hydrogens (primary N) is 1. The van der Waals surface area contributed by atoms with Gasteiger partial charge in [-0.2, -0.15) is 0 Å². The Kier molecular flexibility index (Phi) is 8.01. The van der Waals surface area contributed by atoms with Gasteiger partial charge in [0.15, 0.2) is 29.0 Å². The van der Waals surface area contributed by atoms with Crippen LogP contribution in [-0.4, -0.2) is 22.0 Å². The molecule has 0 aliphatic rings. The van der Waals surface area contributed by atoms with Gasteiger partial charge in [0.2, 0.25) is 0 Å². The van der Waals surface area contributed by atoms with Crippen molar-refractivity contribution in [2.45, 2.75) is 52.5 Å². The minimum absolute atomic E-state index is 0.147. The van der Waals surface area contributed by atoms with Crippen molar-refractivity contribution in [1.29, 1.82) is 0 Å². The summed E-state index contributed by atoms with van der Waals surface area (Å²) in [4.78, 5) is 40.5. The maximum atomic E-state index is 14.3. The number of nitrogens with one attached hydrogen (secondary N) is 1. The number of H-pyrrole nitrogens is 1. The van der Waals surface area contributed by atoms with Gasteiger partial charge in [0.05, 0.1) is 5.56 Å². The molecule has 0 unspecified atom stereocenters. The molecule has 11 heteroatoms. The molecule has 170 valence electrons. The molecular weight excluding hydrogens is 420 g/mol. The number of nitrogen functional groups attached to an aromatic ring is 1. The van der Waals surface area contributed by atoms with E-state index >= 15 is 0 Å². The van der Waals surface area contributed by atoms with Gasteiger partial charge < -0.3 is 10.6 Å². The molecular formula is C20H24F4N4O3. The van der Waals surface area contributed by atoms with Crippen molar-refractivity contribution in [3.8, 4) is 0 Å². The largest absolute Gasteiger partial charge is 0.383 e. The number of amides is 1. The van der Waals surface area contributed by atoms with Crippen molar-refractivity contribution < 1.29 is 22.4 Å². The molecule has 1 aromatic carbocycles. The minimum atomic E-state index is -2.15. The summed E-state index contributed by atoms with van der Waals surface area (Å²) in [6, 6.07) is 0.223. The monoisotopic (exact) mass is 444 g/mol. The molecule has 3 N–H and O–H groups in total. The van der Waals surface area contributed by atoms with E-state index in [1.807, 2.05) is 13.8 Å². The lowest BCUT2D eigenvalue weighted by atomic mass is 10.1. The van der Waals surface area contributed by atoms with Crippen LogP contribution in [-0.2, 0) is 6.54 Å². The molecule has 2 rings (SSSR count). The van der Waals surface area contributed by atoms with E-state index in [9.17, 15) is 31.9 Å². The third-order valence-corrected chi connectivity index (χ3v) is 4.78. The average molecular weight is 444 g/mol. The fourth-order valence-corrected chi connectivity index (χ4v) is 3.09. The van der Waals surface area contributed by atoms with Gasteiger partial charge in [-0.05, 0) is 18.9 Å². The topological polar surface area (TPSA) is 101 Å². The number of halogens is 4. The van der Waals surface area contributed by atoms with Gasteiger partial charge in [-0.3, -0.25) is 19.1 Å². The maximum Gasteiger partial charge on any atom is 0.330 e. The van der Waals surface area contributed by atoms with Crippen LogP contribution in [0.5, 0.6) is 0 Å². The number of anilines is 2. The molecule has 1 aromatic heterocycles. The van der Waals surface area contributed by atoms with Gasteiger partial charge in [-0.25, -0.2) is 22.4 Å². The van der Waals surface area contributed by atoms with E-state index in [0.717, 1.165) is 15.9 Å². The summed E-state index contributed by atoms with van der Waals surface area (Å²) in [5.74, 6) is -9.48. The summed E-state index contributed by atoms with van der Waals surface area (Å²) in [7, 11) is 0. The Bertz CT molecular complexity index is 1080. The van der Waals surface area contributed by atoms with E-state index in [1.54, 1.807) is 0 Å². The van der Waals surface area contributed by atoms with Crippen molar-refractivity contribution in [3.63, 3.8) is 0 Å². The molecule has 7 nitrogen and oxygen atoms in total. The summed E-state index contributed by atoms with van der Waals surface area (Å²) in [6.45, 7) is 3.75. The van der Waals surface area contributed by atoms with E-state index < -0.39 is 51.7 Å². The number of hydrogen-bond donors (Lipinski definition) is 2. The Hall–Kier alpha value is -3.11. The third kappa shape index (κ3) is 4.97. The predicted octanol–water partition coefficient (Wildman–Crippen LogP) is 3.31. The van der Waals surface area contributed by atoms with Crippen LogP contribution in [0.1, 0.15) is 56.3 Å². The summed E-state index contributed by atoms with van der Waals surface area (Å²) in [5.41, 5.74) is 2.68. The summed E-state index contributed by atoms with van der Waals surface area (Å²) in [5, 5.41) is 0. The first kappa shape index (κ1) is 24.2. The highest BCUT2D eigenvalue weighted by molar-refractivity contribution is 6.07. The van der Waals surface area contributed by atoms with Crippen LogP contribution in [0, 0.1) is 23.3 Å². The average Bonchev–Trinajstić information content (AvgIpc) is 2.73. The zero-order valence-corrected chi connectivity index (χ0v) is 17.2. The third-order valence-electron chi connectivity index (χ3n) is 4.78. The summed E-state index contributed by atoms with van der Waals surface area (Å²) >= 11 is 0. The summed E-state index contributed by atoms with van der Waals surface area (Å²) < 4.78 is 56.0. The van der Waals surface area contributed by atoms with Crippen LogP contribution < -0.4 is 21.9 Å². The highest BCUT2D eigenvalue weighted by Crippen LogP contribution is 2.24. The second-order valence-electron chi connectivity index (χ2n) is 7.01. The Morgan fingerprint density at radius 3 is 2.29 bits per heavy atom. The second kappa shape index (κ2) is 10.3. The molecule has 2 aromatic rings. The molecule has 0 aliphatic carbocycles. The SMILES string of the molecule is CCCCCN(C(=O)c1cc(F)c(F)c(F)c1F)c1c(N)n(CCCC)c(=O)[nH]c1=O. The van der Waals surface area contributed by atoms with Crippen molar-refractivity contribution in [3.05, 3.63) is 55.7 Å². The first-order valence-corrected chi connectivity index (χ1v) is 9.93. The van der Waals surface area contributed by atoms with E-state index in [4.69, 9.17) is 5.73 Å². The minimum Gasteiger partial charge on any atom is -0.383 e. The molecule has 1 heterocycles. The lowest BCUT2D eigenvalue weighted by Crippen LogP contribution is -2.42. The van der Waals surface area contributed by atoms with E-state index in [-0.39, 0.29) is 25.0 Å². The van der Waals surface area contributed by atoms with Gasteiger partial charge in [0, 0.05) is 13.1 Å². The number of aromatic nitrogens is 2. The van der Waals surface area contributed by atoms with Crippen LogP contribution in [0.3, 0.4) is 0 Å². The molecule has 0 bridgehead atoms. The molecule has 1 amide bonds. The molecule has 0 spiro atoms. The van der Waals surface area contributed by atoms with Crippen LogP contribution in [0.15, 0.2) is 15.7 Å².